The second-order valence-corrected chi connectivity index (χ2v) is 9.01. The highest BCUT2D eigenvalue weighted by atomic mass is 19.4. The molecule has 2 unspecified atom stereocenters. The van der Waals surface area contributed by atoms with Gasteiger partial charge in [0.1, 0.15) is 11.4 Å². The largest absolute Gasteiger partial charge is 0.423 e. The van der Waals surface area contributed by atoms with Gasteiger partial charge in [0, 0.05) is 36.8 Å². The van der Waals surface area contributed by atoms with Crippen LogP contribution in [0.1, 0.15) is 43.5 Å². The number of piperidine rings is 1. The van der Waals surface area contributed by atoms with E-state index in [2.05, 4.69) is 27.4 Å². The number of fused-ring (bicyclic) bond motifs is 2. The summed E-state index contributed by atoms with van der Waals surface area (Å²) in [6.45, 7) is 3.76. The van der Waals surface area contributed by atoms with Gasteiger partial charge in [0.25, 0.3) is 0 Å². The molecule has 2 aromatic heterocycles. The number of rotatable bonds is 3. The molecule has 11 heteroatoms. The van der Waals surface area contributed by atoms with Crippen molar-refractivity contribution in [2.75, 3.05) is 5.32 Å². The number of likely N-dealkylation sites (tertiary alicyclic amines) is 1. The Balaban J connectivity index is 1.47. The highest BCUT2D eigenvalue weighted by Gasteiger charge is 2.62. The monoisotopic (exact) mass is 475 g/mol. The number of nitrogens with one attached hydrogen (secondary N) is 1. The zero-order valence-electron chi connectivity index (χ0n) is 18.4. The van der Waals surface area contributed by atoms with E-state index < -0.39 is 29.1 Å². The summed E-state index contributed by atoms with van der Waals surface area (Å²) in [7, 11) is 0. The van der Waals surface area contributed by atoms with Crippen molar-refractivity contribution in [3.63, 3.8) is 0 Å². The van der Waals surface area contributed by atoms with E-state index in [1.54, 1.807) is 11.8 Å². The van der Waals surface area contributed by atoms with Crippen molar-refractivity contribution in [1.29, 1.82) is 0 Å². The lowest BCUT2D eigenvalue weighted by Gasteiger charge is -2.61. The second kappa shape index (κ2) is 7.78. The van der Waals surface area contributed by atoms with E-state index in [0.717, 1.165) is 30.9 Å². The van der Waals surface area contributed by atoms with Crippen molar-refractivity contribution >= 4 is 11.7 Å². The number of amides is 2. The smallest absolute Gasteiger partial charge is 0.417 e. The van der Waals surface area contributed by atoms with Gasteiger partial charge in [-0.15, -0.1) is 10.2 Å². The lowest BCUT2D eigenvalue weighted by atomic mass is 9.64. The van der Waals surface area contributed by atoms with Crippen molar-refractivity contribution < 1.29 is 26.8 Å². The maximum absolute atomic E-state index is 13.7. The molecule has 2 aliphatic rings. The molecule has 1 saturated heterocycles. The normalized spacial score (nSPS) is 24.0. The van der Waals surface area contributed by atoms with Gasteiger partial charge in [-0.05, 0) is 48.6 Å². The number of urea groups is 1. The maximum Gasteiger partial charge on any atom is 0.417 e. The summed E-state index contributed by atoms with van der Waals surface area (Å²) in [4.78, 5) is 18.6. The summed E-state index contributed by atoms with van der Waals surface area (Å²) in [5.74, 6) is 0.330. The van der Waals surface area contributed by atoms with Crippen LogP contribution in [0.4, 0.5) is 28.0 Å². The van der Waals surface area contributed by atoms with Gasteiger partial charge in [-0.2, -0.15) is 13.2 Å². The van der Waals surface area contributed by atoms with Crippen molar-refractivity contribution in [3.05, 3.63) is 59.8 Å². The van der Waals surface area contributed by atoms with Crippen molar-refractivity contribution in [1.82, 2.24) is 20.1 Å². The van der Waals surface area contributed by atoms with Crippen LogP contribution in [0.25, 0.3) is 11.1 Å². The molecule has 2 fully saturated rings. The number of benzene rings is 1. The predicted octanol–water partition coefficient (Wildman–Crippen LogP) is 5.53. The topological polar surface area (TPSA) is 84.2 Å². The first kappa shape index (κ1) is 22.3. The van der Waals surface area contributed by atoms with E-state index in [1.165, 1.54) is 12.1 Å². The molecule has 178 valence electrons. The van der Waals surface area contributed by atoms with Crippen molar-refractivity contribution in [2.45, 2.75) is 50.9 Å². The van der Waals surface area contributed by atoms with E-state index in [-0.39, 0.29) is 22.9 Å². The lowest BCUT2D eigenvalue weighted by molar-refractivity contribution is -0.137. The van der Waals surface area contributed by atoms with Crippen molar-refractivity contribution in [2.24, 2.45) is 5.92 Å². The van der Waals surface area contributed by atoms with Crippen LogP contribution in [0.5, 0.6) is 0 Å². The van der Waals surface area contributed by atoms with Crippen molar-refractivity contribution in [3.8, 4) is 11.1 Å². The molecule has 1 saturated carbocycles. The molecule has 0 spiro atoms. The Morgan fingerprint density at radius 1 is 1.21 bits per heavy atom. The van der Waals surface area contributed by atoms with E-state index in [4.69, 9.17) is 4.42 Å². The molecule has 1 N–H and O–H groups in total. The van der Waals surface area contributed by atoms with Gasteiger partial charge in [0.05, 0.1) is 11.8 Å². The first-order chi connectivity index (χ1) is 16.1. The highest BCUT2D eigenvalue weighted by Crippen LogP contribution is 2.55. The van der Waals surface area contributed by atoms with Gasteiger partial charge in [-0.3, -0.25) is 4.98 Å². The second-order valence-electron chi connectivity index (χ2n) is 9.01. The molecule has 3 atom stereocenters. The third-order valence-corrected chi connectivity index (χ3v) is 6.50. The molecular weight excluding hydrogens is 454 g/mol. The van der Waals surface area contributed by atoms with Crippen LogP contribution in [0.2, 0.25) is 0 Å². The summed E-state index contributed by atoms with van der Waals surface area (Å²) >= 11 is 0. The fraction of sp³-hybridized carbons (Fsp3) is 0.391. The quantitative estimate of drug-likeness (QED) is 0.504. The fourth-order valence-corrected chi connectivity index (χ4v) is 5.28. The standard InChI is InChI=1S/C23H21F4N5O2/c1-12-5-17-9-22(8-12,20-31-30-13(2)34-20)32(17)21(33)29-16-3-4-19(23(25,26)27)18(7-16)14-6-15(24)11-28-10-14/h3-4,6-7,10-12,17H,5,8-9H2,1-2H3,(H,29,33)/t12-,17?,22?/m1/s1. The molecule has 5 rings (SSSR count). The number of carbonyl (C=O) groups is 1. The van der Waals surface area contributed by atoms with Crippen LogP contribution in [-0.2, 0) is 11.7 Å². The van der Waals surface area contributed by atoms with Crippen LogP contribution in [0, 0.1) is 18.7 Å². The number of nitrogens with zero attached hydrogens (tertiary/aromatic N) is 4. The van der Waals surface area contributed by atoms with Crippen LogP contribution in [-0.4, -0.2) is 32.2 Å². The third kappa shape index (κ3) is 3.68. The molecule has 0 radical (unpaired) electrons. The van der Waals surface area contributed by atoms with Gasteiger partial charge in [-0.25, -0.2) is 9.18 Å². The minimum absolute atomic E-state index is 0.0442. The molecular formula is C23H21F4N5O2. The molecule has 1 aromatic carbocycles. The fourth-order valence-electron chi connectivity index (χ4n) is 5.28. The SMILES string of the molecule is Cc1nnc(C23CC(C[C@@H](C)C2)N3C(=O)Nc2ccc(C(F)(F)F)c(-c3cncc(F)c3)c2)o1. The van der Waals surface area contributed by atoms with E-state index in [0.29, 0.717) is 30.5 Å². The Morgan fingerprint density at radius 2 is 2.00 bits per heavy atom. The molecule has 34 heavy (non-hydrogen) atoms. The van der Waals surface area contributed by atoms with Crippen LogP contribution >= 0.6 is 0 Å². The average Bonchev–Trinajstić information content (AvgIpc) is 3.19. The predicted molar refractivity (Wildman–Crippen MR) is 113 cm³/mol. The number of carbonyl (C=O) groups excluding carboxylic acids is 1. The molecule has 1 aliphatic heterocycles. The van der Waals surface area contributed by atoms with Crippen LogP contribution < -0.4 is 5.32 Å². The Hall–Kier alpha value is -3.50. The average molecular weight is 475 g/mol. The Morgan fingerprint density at radius 3 is 2.68 bits per heavy atom. The number of hydrogen-bond donors (Lipinski definition) is 1. The molecule has 3 aromatic rings. The summed E-state index contributed by atoms with van der Waals surface area (Å²) in [6.07, 6.45) is -0.492. The molecule has 2 amide bonds. The summed E-state index contributed by atoms with van der Waals surface area (Å²) in [5.41, 5.74) is -1.88. The number of pyridine rings is 1. The first-order valence-electron chi connectivity index (χ1n) is 10.8. The molecule has 1 aliphatic carbocycles. The maximum atomic E-state index is 13.7. The third-order valence-electron chi connectivity index (χ3n) is 6.50. The Kier molecular flexibility index (Phi) is 5.10. The number of hydrogen-bond acceptors (Lipinski definition) is 5. The number of anilines is 1. The lowest BCUT2D eigenvalue weighted by Crippen LogP contribution is -2.70. The molecule has 7 nitrogen and oxygen atoms in total. The zero-order chi connectivity index (χ0) is 24.3. The van der Waals surface area contributed by atoms with Gasteiger partial charge in [-0.1, -0.05) is 6.92 Å². The van der Waals surface area contributed by atoms with Gasteiger partial charge in [0.15, 0.2) is 0 Å². The summed E-state index contributed by atoms with van der Waals surface area (Å²) < 4.78 is 60.2. The number of aromatic nitrogens is 3. The Bertz CT molecular complexity index is 1260. The first-order valence-corrected chi connectivity index (χ1v) is 10.8. The molecule has 3 heterocycles. The zero-order valence-corrected chi connectivity index (χ0v) is 18.4. The number of aryl methyl sites for hydroxylation is 1. The number of alkyl halides is 3. The van der Waals surface area contributed by atoms with E-state index >= 15 is 0 Å². The molecule has 2 bridgehead atoms. The highest BCUT2D eigenvalue weighted by molar-refractivity contribution is 5.92. The minimum atomic E-state index is -4.67. The Labute approximate surface area is 192 Å². The summed E-state index contributed by atoms with van der Waals surface area (Å²) in [6, 6.07) is 3.68. The van der Waals surface area contributed by atoms with Crippen LogP contribution in [0.3, 0.4) is 0 Å². The summed E-state index contributed by atoms with van der Waals surface area (Å²) in [5, 5.41) is 10.8. The minimum Gasteiger partial charge on any atom is -0.423 e. The van der Waals surface area contributed by atoms with Gasteiger partial charge >= 0.3 is 12.2 Å². The van der Waals surface area contributed by atoms with E-state index in [9.17, 15) is 22.4 Å². The van der Waals surface area contributed by atoms with Gasteiger partial charge in [0.2, 0.25) is 11.8 Å². The van der Waals surface area contributed by atoms with Gasteiger partial charge < -0.3 is 14.6 Å². The van der Waals surface area contributed by atoms with Crippen LogP contribution in [0.15, 0.2) is 41.1 Å². The van der Waals surface area contributed by atoms with E-state index in [1.807, 2.05) is 0 Å². The number of halogens is 4.